The van der Waals surface area contributed by atoms with Gasteiger partial charge in [-0.1, -0.05) is 24.3 Å². The van der Waals surface area contributed by atoms with Crippen LogP contribution in [0.4, 0.5) is 0 Å². The molecule has 0 aliphatic rings. The van der Waals surface area contributed by atoms with Crippen LogP contribution in [0.5, 0.6) is 0 Å². The number of nitrogens with zero attached hydrogens (tertiary/aromatic N) is 2. The second-order valence-electron chi connectivity index (χ2n) is 5.10. The number of rotatable bonds is 4. The lowest BCUT2D eigenvalue weighted by atomic mass is 10.1. The van der Waals surface area contributed by atoms with Crippen molar-refractivity contribution in [1.29, 1.82) is 0 Å². The second kappa shape index (κ2) is 5.47. The predicted molar refractivity (Wildman–Crippen MR) is 82.8 cm³/mol. The van der Waals surface area contributed by atoms with Crippen LogP contribution in [-0.2, 0) is 13.1 Å². The van der Waals surface area contributed by atoms with E-state index in [0.29, 0.717) is 0 Å². The topological polar surface area (TPSA) is 29.9 Å². The van der Waals surface area contributed by atoms with Gasteiger partial charge in [0, 0.05) is 18.4 Å². The van der Waals surface area contributed by atoms with Gasteiger partial charge in [-0.25, -0.2) is 0 Å². The average molecular weight is 265 g/mol. The van der Waals surface area contributed by atoms with Crippen molar-refractivity contribution >= 4 is 10.9 Å². The van der Waals surface area contributed by atoms with Crippen molar-refractivity contribution in [1.82, 2.24) is 14.9 Å². The van der Waals surface area contributed by atoms with Crippen LogP contribution in [0.25, 0.3) is 10.9 Å². The summed E-state index contributed by atoms with van der Waals surface area (Å²) in [6, 6.07) is 14.8. The molecule has 102 valence electrons. The molecule has 1 aromatic carbocycles. The van der Waals surface area contributed by atoms with Crippen molar-refractivity contribution in [3.05, 3.63) is 65.6 Å². The fraction of sp³-hybridized carbons (Fsp3) is 0.235. The summed E-state index contributed by atoms with van der Waals surface area (Å²) in [7, 11) is 1.98. The molecule has 0 aliphatic heterocycles. The highest BCUT2D eigenvalue weighted by Gasteiger charge is 2.07. The number of fused-ring (bicyclic) bond motifs is 1. The second-order valence-corrected chi connectivity index (χ2v) is 5.10. The quantitative estimate of drug-likeness (QED) is 0.785. The van der Waals surface area contributed by atoms with Crippen molar-refractivity contribution in [2.24, 2.45) is 0 Å². The van der Waals surface area contributed by atoms with Crippen LogP contribution in [0.1, 0.15) is 17.0 Å². The van der Waals surface area contributed by atoms with E-state index in [9.17, 15) is 0 Å². The first-order valence-electron chi connectivity index (χ1n) is 6.92. The Morgan fingerprint density at radius 3 is 2.75 bits per heavy atom. The number of hydrogen-bond donors (Lipinski definition) is 1. The van der Waals surface area contributed by atoms with Gasteiger partial charge in [0.2, 0.25) is 0 Å². The maximum absolute atomic E-state index is 4.59. The minimum atomic E-state index is 0.811. The standard InChI is InChI=1S/C17H19N3/c1-13-5-3-8-16(19-13)12-20-10-9-14-6-4-7-15(11-18-2)17(14)20/h3-10,18H,11-12H2,1-2H3. The van der Waals surface area contributed by atoms with E-state index in [1.54, 1.807) is 0 Å². The summed E-state index contributed by atoms with van der Waals surface area (Å²) in [6.45, 7) is 3.72. The van der Waals surface area contributed by atoms with Crippen LogP contribution in [0.3, 0.4) is 0 Å². The molecule has 0 fully saturated rings. The highest BCUT2D eigenvalue weighted by atomic mass is 15.0. The maximum atomic E-state index is 4.59. The summed E-state index contributed by atoms with van der Waals surface area (Å²) in [6.07, 6.45) is 2.15. The SMILES string of the molecule is CNCc1cccc2ccn(Cc3cccc(C)n3)c12. The van der Waals surface area contributed by atoms with Crippen molar-refractivity contribution < 1.29 is 0 Å². The zero-order valence-corrected chi connectivity index (χ0v) is 11.9. The van der Waals surface area contributed by atoms with Gasteiger partial charge in [0.05, 0.1) is 17.8 Å². The third kappa shape index (κ3) is 2.45. The molecule has 3 aromatic rings. The first-order valence-corrected chi connectivity index (χ1v) is 6.92. The van der Waals surface area contributed by atoms with Crippen LogP contribution in [0.15, 0.2) is 48.7 Å². The van der Waals surface area contributed by atoms with Crippen LogP contribution in [0.2, 0.25) is 0 Å². The van der Waals surface area contributed by atoms with E-state index in [0.717, 1.165) is 24.5 Å². The largest absolute Gasteiger partial charge is 0.341 e. The smallest absolute Gasteiger partial charge is 0.0648 e. The Labute approximate surface area is 119 Å². The Morgan fingerprint density at radius 1 is 1.10 bits per heavy atom. The Balaban J connectivity index is 2.03. The zero-order valence-electron chi connectivity index (χ0n) is 11.9. The van der Waals surface area contributed by atoms with Gasteiger partial charge in [-0.3, -0.25) is 4.98 Å². The summed E-state index contributed by atoms with van der Waals surface area (Å²) >= 11 is 0. The molecule has 0 bridgehead atoms. The van der Waals surface area contributed by atoms with Crippen LogP contribution >= 0.6 is 0 Å². The lowest BCUT2D eigenvalue weighted by molar-refractivity contribution is 0.780. The molecule has 1 N–H and O–H groups in total. The number of benzene rings is 1. The van der Waals surface area contributed by atoms with Crippen LogP contribution < -0.4 is 5.32 Å². The van der Waals surface area contributed by atoms with Crippen LogP contribution in [-0.4, -0.2) is 16.6 Å². The molecule has 2 heterocycles. The van der Waals surface area contributed by atoms with E-state index in [-0.39, 0.29) is 0 Å². The molecule has 3 nitrogen and oxygen atoms in total. The fourth-order valence-corrected chi connectivity index (χ4v) is 2.67. The summed E-state index contributed by atoms with van der Waals surface area (Å²) in [5, 5.41) is 4.52. The van der Waals surface area contributed by atoms with Crippen molar-refractivity contribution in [3.8, 4) is 0 Å². The number of aromatic nitrogens is 2. The Kier molecular flexibility index (Phi) is 3.52. The normalized spacial score (nSPS) is 11.1. The van der Waals surface area contributed by atoms with Gasteiger partial charge in [-0.2, -0.15) is 0 Å². The van der Waals surface area contributed by atoms with Gasteiger partial charge >= 0.3 is 0 Å². The van der Waals surface area contributed by atoms with Gasteiger partial charge in [-0.05, 0) is 43.1 Å². The first kappa shape index (κ1) is 12.9. The van der Waals surface area contributed by atoms with Crippen molar-refractivity contribution in [2.75, 3.05) is 7.05 Å². The fourth-order valence-electron chi connectivity index (χ4n) is 2.67. The maximum Gasteiger partial charge on any atom is 0.0648 e. The van der Waals surface area contributed by atoms with Gasteiger partial charge in [0.1, 0.15) is 0 Å². The lowest BCUT2D eigenvalue weighted by Crippen LogP contribution is -2.08. The van der Waals surface area contributed by atoms with Gasteiger partial charge in [-0.15, -0.1) is 0 Å². The molecule has 2 aromatic heterocycles. The number of pyridine rings is 1. The Hall–Kier alpha value is -2.13. The minimum absolute atomic E-state index is 0.811. The third-order valence-electron chi connectivity index (χ3n) is 3.52. The summed E-state index contributed by atoms with van der Waals surface area (Å²) in [5.41, 5.74) is 4.78. The van der Waals surface area contributed by atoms with Crippen LogP contribution in [0, 0.1) is 6.92 Å². The molecule has 0 spiro atoms. The molecular formula is C17H19N3. The zero-order chi connectivity index (χ0) is 13.9. The number of para-hydroxylation sites is 1. The monoisotopic (exact) mass is 265 g/mol. The lowest BCUT2D eigenvalue weighted by Gasteiger charge is -2.10. The summed E-state index contributed by atoms with van der Waals surface area (Å²) in [4.78, 5) is 4.59. The number of aryl methyl sites for hydroxylation is 1. The van der Waals surface area contributed by atoms with E-state index >= 15 is 0 Å². The molecule has 0 saturated carbocycles. The Bertz CT molecular complexity index is 728. The molecule has 0 aliphatic carbocycles. The van der Waals surface area contributed by atoms with E-state index in [1.807, 2.05) is 20.0 Å². The highest BCUT2D eigenvalue weighted by Crippen LogP contribution is 2.21. The van der Waals surface area contributed by atoms with Crippen molar-refractivity contribution in [2.45, 2.75) is 20.0 Å². The summed E-state index contributed by atoms with van der Waals surface area (Å²) < 4.78 is 2.28. The molecule has 0 unspecified atom stereocenters. The number of nitrogens with one attached hydrogen (secondary N) is 1. The average Bonchev–Trinajstić information content (AvgIpc) is 2.84. The van der Waals surface area contributed by atoms with E-state index in [4.69, 9.17) is 0 Å². The van der Waals surface area contributed by atoms with Gasteiger partial charge < -0.3 is 9.88 Å². The Morgan fingerprint density at radius 2 is 1.95 bits per heavy atom. The molecule has 0 saturated heterocycles. The molecular weight excluding hydrogens is 246 g/mol. The van der Waals surface area contributed by atoms with Gasteiger partial charge in [0.15, 0.2) is 0 Å². The number of hydrogen-bond acceptors (Lipinski definition) is 2. The highest BCUT2D eigenvalue weighted by molar-refractivity contribution is 5.83. The molecule has 3 rings (SSSR count). The van der Waals surface area contributed by atoms with E-state index < -0.39 is 0 Å². The first-order chi connectivity index (χ1) is 9.78. The molecule has 3 heteroatoms. The van der Waals surface area contributed by atoms with E-state index in [2.05, 4.69) is 57.5 Å². The molecule has 20 heavy (non-hydrogen) atoms. The third-order valence-corrected chi connectivity index (χ3v) is 3.52. The summed E-state index contributed by atoms with van der Waals surface area (Å²) in [5.74, 6) is 0. The van der Waals surface area contributed by atoms with E-state index in [1.165, 1.54) is 16.5 Å². The molecule has 0 atom stereocenters. The van der Waals surface area contributed by atoms with Gasteiger partial charge in [0.25, 0.3) is 0 Å². The molecule has 0 amide bonds. The predicted octanol–water partition coefficient (Wildman–Crippen LogP) is 3.11. The minimum Gasteiger partial charge on any atom is -0.341 e. The molecule has 0 radical (unpaired) electrons. The van der Waals surface area contributed by atoms with Crippen molar-refractivity contribution in [3.63, 3.8) is 0 Å².